The average Bonchev–Trinajstić information content (AvgIpc) is 2.58. The average molecular weight is 349 g/mol. The van der Waals surface area contributed by atoms with Gasteiger partial charge in [0.15, 0.2) is 0 Å². The maximum absolute atomic E-state index is 12.0. The number of hydrogen-bond acceptors (Lipinski definition) is 5. The molecule has 0 aliphatic carbocycles. The van der Waals surface area contributed by atoms with E-state index in [9.17, 15) is 9.59 Å². The maximum Gasteiger partial charge on any atom is 0.410 e. The van der Waals surface area contributed by atoms with Crippen LogP contribution in [-0.2, 0) is 9.47 Å². The number of aldehydes is 1. The number of likely N-dealkylation sites (tertiary alicyclic amines) is 1. The van der Waals surface area contributed by atoms with Crippen LogP contribution in [0.4, 0.5) is 4.79 Å². The predicted octanol–water partition coefficient (Wildman–Crippen LogP) is 3.29. The zero-order valence-corrected chi connectivity index (χ0v) is 15.2. The smallest absolute Gasteiger partial charge is 0.410 e. The van der Waals surface area contributed by atoms with E-state index in [1.165, 1.54) is 0 Å². The zero-order chi connectivity index (χ0) is 18.3. The van der Waals surface area contributed by atoms with Crippen molar-refractivity contribution in [2.75, 3.05) is 26.3 Å². The fraction of sp³-hybridized carbons (Fsp3) is 0.579. The van der Waals surface area contributed by atoms with Gasteiger partial charge in [0.1, 0.15) is 24.2 Å². The molecule has 1 aromatic rings. The summed E-state index contributed by atoms with van der Waals surface area (Å²) in [6.45, 7) is 7.84. The summed E-state index contributed by atoms with van der Waals surface area (Å²) in [7, 11) is 0. The first-order valence-corrected chi connectivity index (χ1v) is 8.65. The largest absolute Gasteiger partial charge is 0.491 e. The lowest BCUT2D eigenvalue weighted by atomic mass is 10.1. The summed E-state index contributed by atoms with van der Waals surface area (Å²) in [4.78, 5) is 24.3. The van der Waals surface area contributed by atoms with Gasteiger partial charge in [-0.25, -0.2) is 4.79 Å². The number of carbonyl (C=O) groups is 2. The van der Waals surface area contributed by atoms with E-state index >= 15 is 0 Å². The van der Waals surface area contributed by atoms with Crippen LogP contribution in [0, 0.1) is 0 Å². The molecule has 0 saturated carbocycles. The van der Waals surface area contributed by atoms with Gasteiger partial charge in [-0.1, -0.05) is 0 Å². The molecule has 1 fully saturated rings. The number of carbonyl (C=O) groups excluding carboxylic acids is 2. The molecule has 1 saturated heterocycles. The van der Waals surface area contributed by atoms with Crippen LogP contribution in [0.5, 0.6) is 5.75 Å². The Kier molecular flexibility index (Phi) is 6.82. The molecule has 1 aromatic carbocycles. The highest BCUT2D eigenvalue weighted by Gasteiger charge is 2.27. The lowest BCUT2D eigenvalue weighted by Gasteiger charge is -2.33. The minimum absolute atomic E-state index is 0.139. The summed E-state index contributed by atoms with van der Waals surface area (Å²) in [5.41, 5.74) is 0.159. The first-order valence-electron chi connectivity index (χ1n) is 8.65. The Bertz CT molecular complexity index is 556. The van der Waals surface area contributed by atoms with E-state index in [4.69, 9.17) is 14.2 Å². The number of ether oxygens (including phenoxy) is 3. The molecule has 0 bridgehead atoms. The van der Waals surface area contributed by atoms with Crippen LogP contribution in [0.2, 0.25) is 0 Å². The van der Waals surface area contributed by atoms with Crippen LogP contribution in [0.15, 0.2) is 24.3 Å². The molecule has 6 heteroatoms. The van der Waals surface area contributed by atoms with E-state index in [1.807, 2.05) is 20.8 Å². The van der Waals surface area contributed by atoms with E-state index in [2.05, 4.69) is 0 Å². The topological polar surface area (TPSA) is 65.1 Å². The number of piperidine rings is 1. The second-order valence-corrected chi connectivity index (χ2v) is 7.07. The Hall–Kier alpha value is -2.08. The number of rotatable bonds is 6. The third-order valence-corrected chi connectivity index (χ3v) is 3.82. The van der Waals surface area contributed by atoms with Gasteiger partial charge in [-0.3, -0.25) is 4.79 Å². The molecular weight excluding hydrogens is 322 g/mol. The van der Waals surface area contributed by atoms with Gasteiger partial charge in [-0.2, -0.15) is 0 Å². The highest BCUT2D eigenvalue weighted by Crippen LogP contribution is 2.17. The Morgan fingerprint density at radius 2 is 1.80 bits per heavy atom. The summed E-state index contributed by atoms with van der Waals surface area (Å²) < 4.78 is 16.8. The minimum atomic E-state index is -0.467. The highest BCUT2D eigenvalue weighted by molar-refractivity contribution is 5.74. The molecule has 6 nitrogen and oxygen atoms in total. The first kappa shape index (κ1) is 19.2. The van der Waals surface area contributed by atoms with Gasteiger partial charge in [0.05, 0.1) is 12.7 Å². The van der Waals surface area contributed by atoms with Gasteiger partial charge in [0.2, 0.25) is 0 Å². The monoisotopic (exact) mass is 349 g/mol. The van der Waals surface area contributed by atoms with Gasteiger partial charge >= 0.3 is 6.09 Å². The molecule has 0 radical (unpaired) electrons. The SMILES string of the molecule is CC(C)(C)OC(=O)N1CCC(OCCOc2ccc(C=O)cc2)CC1. The molecule has 1 aliphatic heterocycles. The Labute approximate surface area is 149 Å². The molecule has 1 aliphatic rings. The van der Waals surface area contributed by atoms with E-state index in [-0.39, 0.29) is 12.2 Å². The molecule has 1 heterocycles. The molecule has 138 valence electrons. The molecule has 0 atom stereocenters. The summed E-state index contributed by atoms with van der Waals surface area (Å²) in [5.74, 6) is 0.717. The molecule has 0 N–H and O–H groups in total. The number of hydrogen-bond donors (Lipinski definition) is 0. The number of nitrogens with zero attached hydrogens (tertiary/aromatic N) is 1. The Morgan fingerprint density at radius 1 is 1.16 bits per heavy atom. The van der Waals surface area contributed by atoms with Crippen molar-refractivity contribution in [3.05, 3.63) is 29.8 Å². The summed E-state index contributed by atoms with van der Waals surface area (Å²) in [5, 5.41) is 0. The third-order valence-electron chi connectivity index (χ3n) is 3.82. The fourth-order valence-electron chi connectivity index (χ4n) is 2.55. The quantitative estimate of drug-likeness (QED) is 0.582. The van der Waals surface area contributed by atoms with Crippen LogP contribution >= 0.6 is 0 Å². The van der Waals surface area contributed by atoms with Crippen molar-refractivity contribution in [1.82, 2.24) is 4.90 Å². The lowest BCUT2D eigenvalue weighted by molar-refractivity contribution is -0.0177. The highest BCUT2D eigenvalue weighted by atomic mass is 16.6. The van der Waals surface area contributed by atoms with E-state index < -0.39 is 5.60 Å². The molecule has 0 unspecified atom stereocenters. The van der Waals surface area contributed by atoms with Crippen LogP contribution in [0.25, 0.3) is 0 Å². The van der Waals surface area contributed by atoms with Crippen LogP contribution < -0.4 is 4.74 Å². The van der Waals surface area contributed by atoms with Crippen molar-refractivity contribution in [3.8, 4) is 5.75 Å². The maximum atomic E-state index is 12.0. The summed E-state index contributed by atoms with van der Waals surface area (Å²) in [6, 6.07) is 6.97. The van der Waals surface area contributed by atoms with Gasteiger partial charge in [0.25, 0.3) is 0 Å². The van der Waals surface area contributed by atoms with Crippen LogP contribution in [0.1, 0.15) is 44.0 Å². The molecule has 25 heavy (non-hydrogen) atoms. The molecule has 2 rings (SSSR count). The molecule has 0 aromatic heterocycles. The normalized spacial score (nSPS) is 15.7. The van der Waals surface area contributed by atoms with Gasteiger partial charge < -0.3 is 19.1 Å². The Morgan fingerprint density at radius 3 is 2.36 bits per heavy atom. The Balaban J connectivity index is 1.62. The second kappa shape index (κ2) is 8.85. The molecule has 0 spiro atoms. The minimum Gasteiger partial charge on any atom is -0.491 e. The standard InChI is InChI=1S/C19H27NO5/c1-19(2,3)25-18(22)20-10-8-17(9-11-20)24-13-12-23-16-6-4-15(14-21)5-7-16/h4-7,14,17H,8-13H2,1-3H3. The van der Waals surface area contributed by atoms with Gasteiger partial charge in [-0.15, -0.1) is 0 Å². The van der Waals surface area contributed by atoms with E-state index in [1.54, 1.807) is 29.2 Å². The van der Waals surface area contributed by atoms with Crippen molar-refractivity contribution in [2.24, 2.45) is 0 Å². The number of amides is 1. The van der Waals surface area contributed by atoms with Crippen molar-refractivity contribution >= 4 is 12.4 Å². The van der Waals surface area contributed by atoms with Crippen molar-refractivity contribution in [3.63, 3.8) is 0 Å². The third kappa shape index (κ3) is 6.74. The van der Waals surface area contributed by atoms with Gasteiger partial charge in [0, 0.05) is 18.7 Å². The lowest BCUT2D eigenvalue weighted by Crippen LogP contribution is -2.43. The first-order chi connectivity index (χ1) is 11.9. The molecular formula is C19H27NO5. The van der Waals surface area contributed by atoms with Crippen molar-refractivity contribution in [2.45, 2.75) is 45.3 Å². The van der Waals surface area contributed by atoms with E-state index in [0.717, 1.165) is 19.1 Å². The van der Waals surface area contributed by atoms with Crippen molar-refractivity contribution < 1.29 is 23.8 Å². The van der Waals surface area contributed by atoms with E-state index in [0.29, 0.717) is 37.6 Å². The van der Waals surface area contributed by atoms with Crippen LogP contribution in [-0.4, -0.2) is 55.3 Å². The summed E-state index contributed by atoms with van der Waals surface area (Å²) >= 11 is 0. The van der Waals surface area contributed by atoms with Crippen LogP contribution in [0.3, 0.4) is 0 Å². The summed E-state index contributed by atoms with van der Waals surface area (Å²) in [6.07, 6.45) is 2.28. The van der Waals surface area contributed by atoms with Gasteiger partial charge in [-0.05, 0) is 57.9 Å². The predicted molar refractivity (Wildman–Crippen MR) is 94.1 cm³/mol. The second-order valence-electron chi connectivity index (χ2n) is 7.07. The van der Waals surface area contributed by atoms with Crippen molar-refractivity contribution in [1.29, 1.82) is 0 Å². The zero-order valence-electron chi connectivity index (χ0n) is 15.2. The fourth-order valence-corrected chi connectivity index (χ4v) is 2.55. The molecule has 1 amide bonds. The number of benzene rings is 1.